The summed E-state index contributed by atoms with van der Waals surface area (Å²) in [7, 11) is 0. The van der Waals surface area contributed by atoms with Crippen LogP contribution in [0.4, 0.5) is 0 Å². The summed E-state index contributed by atoms with van der Waals surface area (Å²) >= 11 is 0. The molecule has 10 heavy (non-hydrogen) atoms. The Morgan fingerprint density at radius 2 is 2.20 bits per heavy atom. The lowest BCUT2D eigenvalue weighted by molar-refractivity contribution is -0.159. The second kappa shape index (κ2) is 2.56. The first-order valence-electron chi connectivity index (χ1n) is 3.25. The molecule has 1 saturated heterocycles. The van der Waals surface area contributed by atoms with E-state index in [-0.39, 0.29) is 5.97 Å². The second-order valence-corrected chi connectivity index (χ2v) is 2.19. The van der Waals surface area contributed by atoms with Crippen LogP contribution < -0.4 is 0 Å². The van der Waals surface area contributed by atoms with Gasteiger partial charge in [-0.2, -0.15) is 9.78 Å². The molecule has 0 aromatic heterocycles. The van der Waals surface area contributed by atoms with Gasteiger partial charge in [-0.15, -0.1) is 0 Å². The molecule has 1 fully saturated rings. The third-order valence-corrected chi connectivity index (χ3v) is 1.12. The largest absolute Gasteiger partial charge is 0.404 e. The summed E-state index contributed by atoms with van der Waals surface area (Å²) in [5.74, 6) is -1.41. The summed E-state index contributed by atoms with van der Waals surface area (Å²) in [6, 6.07) is 0. The Hall–Kier alpha value is -0.610. The molecule has 0 aromatic rings. The van der Waals surface area contributed by atoms with Crippen LogP contribution in [0.25, 0.3) is 0 Å². The monoisotopic (exact) mass is 146 g/mol. The van der Waals surface area contributed by atoms with Gasteiger partial charge in [-0.1, -0.05) is 6.92 Å². The molecule has 0 aliphatic carbocycles. The topological polar surface area (TPSA) is 51.4 Å². The van der Waals surface area contributed by atoms with E-state index in [1.807, 2.05) is 6.92 Å². The van der Waals surface area contributed by atoms with Gasteiger partial charge in [0.1, 0.15) is 0 Å². The first kappa shape index (κ1) is 7.50. The summed E-state index contributed by atoms with van der Waals surface area (Å²) in [6.45, 7) is 3.28. The molecule has 0 bridgehead atoms. The molecule has 1 rings (SSSR count). The van der Waals surface area contributed by atoms with E-state index < -0.39 is 5.97 Å². The Kier molecular flexibility index (Phi) is 1.92. The lowest BCUT2D eigenvalue weighted by Gasteiger charge is -2.03. The zero-order valence-corrected chi connectivity index (χ0v) is 6.05. The molecule has 0 spiro atoms. The smallest absolute Gasteiger partial charge is 0.383 e. The van der Waals surface area contributed by atoms with Gasteiger partial charge in [0.2, 0.25) is 0 Å². The maximum atomic E-state index is 10.4. The van der Waals surface area contributed by atoms with Gasteiger partial charge in [-0.05, 0) is 6.42 Å². The Morgan fingerprint density at radius 3 is 2.50 bits per heavy atom. The van der Waals surface area contributed by atoms with Crippen LogP contribution in [0.3, 0.4) is 0 Å². The molecule has 0 radical (unpaired) electrons. The lowest BCUT2D eigenvalue weighted by atomic mass is 10.3. The van der Waals surface area contributed by atoms with Crippen molar-refractivity contribution in [1.29, 1.82) is 0 Å². The Bertz CT molecular complexity index is 139. The van der Waals surface area contributed by atoms with Gasteiger partial charge >= 0.3 is 11.9 Å². The molecule has 1 aliphatic rings. The van der Waals surface area contributed by atoms with Crippen molar-refractivity contribution < 1.29 is 19.3 Å². The van der Waals surface area contributed by atoms with Crippen LogP contribution in [0.1, 0.15) is 26.7 Å². The van der Waals surface area contributed by atoms with Crippen LogP contribution in [0.5, 0.6) is 0 Å². The number of carbonyl (C=O) groups is 1. The van der Waals surface area contributed by atoms with E-state index in [4.69, 9.17) is 4.74 Å². The number of rotatable bonds is 3. The molecule has 1 heterocycles. The zero-order chi connectivity index (χ0) is 7.61. The number of ether oxygens (including phenoxy) is 1. The summed E-state index contributed by atoms with van der Waals surface area (Å²) in [5.41, 5.74) is 0. The van der Waals surface area contributed by atoms with E-state index in [1.54, 1.807) is 0 Å². The van der Waals surface area contributed by atoms with E-state index in [1.165, 1.54) is 6.92 Å². The average Bonchev–Trinajstić information content (AvgIpc) is 2.47. The minimum atomic E-state index is -1.03. The standard InChI is InChI=1S/C6H10O4/c1-3-4-6(9-10-6)8-5(2)7/h3-4H2,1-2H3. The van der Waals surface area contributed by atoms with Crippen molar-refractivity contribution in [3.63, 3.8) is 0 Å². The maximum absolute atomic E-state index is 10.4. The number of hydrogen-bond donors (Lipinski definition) is 0. The molecule has 58 valence electrons. The van der Waals surface area contributed by atoms with Gasteiger partial charge in [-0.3, -0.25) is 4.79 Å². The molecule has 4 nitrogen and oxygen atoms in total. The molecule has 0 saturated carbocycles. The highest BCUT2D eigenvalue weighted by Gasteiger charge is 2.52. The highest BCUT2D eigenvalue weighted by molar-refractivity contribution is 5.66. The number of hydrogen-bond acceptors (Lipinski definition) is 4. The van der Waals surface area contributed by atoms with Crippen LogP contribution in [0, 0.1) is 0 Å². The number of carbonyl (C=O) groups excluding carboxylic acids is 1. The van der Waals surface area contributed by atoms with Crippen molar-refractivity contribution in [1.82, 2.24) is 0 Å². The van der Waals surface area contributed by atoms with E-state index in [9.17, 15) is 4.79 Å². The predicted octanol–water partition coefficient (Wildman–Crippen LogP) is 0.965. The summed E-state index contributed by atoms with van der Waals surface area (Å²) < 4.78 is 4.71. The molecule has 0 aromatic carbocycles. The van der Waals surface area contributed by atoms with E-state index in [2.05, 4.69) is 9.78 Å². The van der Waals surface area contributed by atoms with Gasteiger partial charge < -0.3 is 4.74 Å². The van der Waals surface area contributed by atoms with E-state index >= 15 is 0 Å². The summed E-state index contributed by atoms with van der Waals surface area (Å²) in [4.78, 5) is 19.4. The van der Waals surface area contributed by atoms with Crippen LogP contribution in [-0.2, 0) is 19.3 Å². The van der Waals surface area contributed by atoms with Crippen molar-refractivity contribution in [3.8, 4) is 0 Å². The normalized spacial score (nSPS) is 20.2. The van der Waals surface area contributed by atoms with Crippen LogP contribution >= 0.6 is 0 Å². The van der Waals surface area contributed by atoms with E-state index in [0.717, 1.165) is 6.42 Å². The van der Waals surface area contributed by atoms with Crippen molar-refractivity contribution in [2.45, 2.75) is 32.7 Å². The molecule has 0 atom stereocenters. The highest BCUT2D eigenvalue weighted by atomic mass is 17.5. The van der Waals surface area contributed by atoms with Crippen molar-refractivity contribution in [3.05, 3.63) is 0 Å². The van der Waals surface area contributed by atoms with Crippen LogP contribution in [0.15, 0.2) is 0 Å². The SMILES string of the molecule is CCCC1(OC(C)=O)OO1. The van der Waals surface area contributed by atoms with Crippen molar-refractivity contribution >= 4 is 5.97 Å². The van der Waals surface area contributed by atoms with Gasteiger partial charge in [0.15, 0.2) is 0 Å². The Balaban J connectivity index is 2.30. The molecule has 1 aliphatic heterocycles. The summed E-state index contributed by atoms with van der Waals surface area (Å²) in [5, 5.41) is 0. The zero-order valence-electron chi connectivity index (χ0n) is 6.05. The van der Waals surface area contributed by atoms with Gasteiger partial charge in [0.25, 0.3) is 0 Å². The predicted molar refractivity (Wildman–Crippen MR) is 31.6 cm³/mol. The first-order valence-corrected chi connectivity index (χ1v) is 3.25. The molecular weight excluding hydrogens is 136 g/mol. The maximum Gasteiger partial charge on any atom is 0.383 e. The lowest BCUT2D eigenvalue weighted by Crippen LogP contribution is -2.18. The average molecular weight is 146 g/mol. The van der Waals surface area contributed by atoms with Crippen LogP contribution in [0.2, 0.25) is 0 Å². The highest BCUT2D eigenvalue weighted by Crippen LogP contribution is 2.35. The minimum absolute atomic E-state index is 0.383. The van der Waals surface area contributed by atoms with Crippen molar-refractivity contribution in [2.24, 2.45) is 0 Å². The fourth-order valence-corrected chi connectivity index (χ4v) is 0.740. The summed E-state index contributed by atoms with van der Waals surface area (Å²) in [6.07, 6.45) is 1.44. The fraction of sp³-hybridized carbons (Fsp3) is 0.833. The van der Waals surface area contributed by atoms with Crippen molar-refractivity contribution in [2.75, 3.05) is 0 Å². The third kappa shape index (κ3) is 1.68. The Labute approximate surface area is 59.0 Å². The third-order valence-electron chi connectivity index (χ3n) is 1.12. The molecule has 0 unspecified atom stereocenters. The number of esters is 1. The molecule has 0 amide bonds. The first-order chi connectivity index (χ1) is 4.68. The molecule has 0 N–H and O–H groups in total. The van der Waals surface area contributed by atoms with E-state index in [0.29, 0.717) is 6.42 Å². The second-order valence-electron chi connectivity index (χ2n) is 2.19. The van der Waals surface area contributed by atoms with Gasteiger partial charge in [-0.25, -0.2) is 0 Å². The quantitative estimate of drug-likeness (QED) is 0.338. The van der Waals surface area contributed by atoms with Crippen LogP contribution in [-0.4, -0.2) is 11.9 Å². The molecular formula is C6H10O4. The van der Waals surface area contributed by atoms with Gasteiger partial charge in [0.05, 0.1) is 0 Å². The van der Waals surface area contributed by atoms with Gasteiger partial charge in [0, 0.05) is 13.3 Å². The Morgan fingerprint density at radius 1 is 1.60 bits per heavy atom. The molecule has 4 heteroatoms. The fourth-order valence-electron chi connectivity index (χ4n) is 0.740. The minimum Gasteiger partial charge on any atom is -0.404 e.